The van der Waals surface area contributed by atoms with E-state index in [1.165, 1.54) is 7.11 Å². The summed E-state index contributed by atoms with van der Waals surface area (Å²) in [5, 5.41) is 18.8. The van der Waals surface area contributed by atoms with Crippen LogP contribution in [0.25, 0.3) is 5.69 Å². The SMILES string of the molecule is COc1cccn(-c2ccc3c(c2)[C@@H](OC)[C@H](C)[C@@H](C(CCn2cc(C(CO)c4ccccc4)nn2)[Si](C)(C)O)O3)c1=O. The molecule has 0 spiro atoms. The van der Waals surface area contributed by atoms with Crippen LogP contribution >= 0.6 is 0 Å². The molecule has 3 heterocycles. The number of aromatic nitrogens is 4. The first kappa shape index (κ1) is 30.7. The minimum absolute atomic E-state index is 0.0681. The van der Waals surface area contributed by atoms with Gasteiger partial charge in [0.25, 0.3) is 5.56 Å². The van der Waals surface area contributed by atoms with Crippen LogP contribution in [0.2, 0.25) is 18.6 Å². The molecule has 11 heteroatoms. The average Bonchev–Trinajstić information content (AvgIpc) is 3.46. The molecule has 1 aliphatic rings. The molecule has 0 saturated carbocycles. The van der Waals surface area contributed by atoms with E-state index in [1.54, 1.807) is 34.7 Å². The number of rotatable bonds is 11. The van der Waals surface area contributed by atoms with Crippen LogP contribution in [0.15, 0.2) is 77.9 Å². The van der Waals surface area contributed by atoms with Gasteiger partial charge in [0.2, 0.25) is 0 Å². The fourth-order valence-corrected chi connectivity index (χ4v) is 8.19. The molecule has 2 aromatic heterocycles. The van der Waals surface area contributed by atoms with Crippen LogP contribution in [0.3, 0.4) is 0 Å². The van der Waals surface area contributed by atoms with E-state index >= 15 is 0 Å². The summed E-state index contributed by atoms with van der Waals surface area (Å²) >= 11 is 0. The third-order valence-corrected chi connectivity index (χ3v) is 10.9. The predicted octanol–water partition coefficient (Wildman–Crippen LogP) is 4.30. The van der Waals surface area contributed by atoms with E-state index in [4.69, 9.17) is 14.2 Å². The van der Waals surface area contributed by atoms with E-state index in [2.05, 4.69) is 17.2 Å². The van der Waals surface area contributed by atoms with E-state index in [9.17, 15) is 14.7 Å². The van der Waals surface area contributed by atoms with Crippen molar-refractivity contribution in [2.24, 2.45) is 5.92 Å². The number of hydrogen-bond acceptors (Lipinski definition) is 8. The molecule has 5 rings (SSSR count). The molecule has 5 atom stereocenters. The van der Waals surface area contributed by atoms with Gasteiger partial charge < -0.3 is 24.1 Å². The van der Waals surface area contributed by atoms with E-state index in [0.717, 1.165) is 11.1 Å². The number of hydrogen-bond donors (Lipinski definition) is 2. The Labute approximate surface area is 252 Å². The van der Waals surface area contributed by atoms with Crippen molar-refractivity contribution in [3.05, 3.63) is 100 Å². The standard InChI is InChI=1S/C32H40N4O6Si/c1-21-30(41-3)24-18-23(36-16-9-12-28(40-2)32(36)38)13-14-27(24)42-31(21)29(43(4,5)39)15-17-35-19-26(33-34-35)25(20-37)22-10-7-6-8-11-22/h6-14,16,18-19,21,25,29-31,37,39H,15,17,20H2,1-5H3/t21-,25?,29?,30-,31-/m0/s1. The number of nitrogens with zero attached hydrogens (tertiary/aromatic N) is 4. The Morgan fingerprint density at radius 1 is 1.09 bits per heavy atom. The quantitative estimate of drug-likeness (QED) is 0.243. The molecule has 1 aliphatic heterocycles. The van der Waals surface area contributed by atoms with Gasteiger partial charge in [0.1, 0.15) is 11.9 Å². The normalized spacial score (nSPS) is 19.7. The highest BCUT2D eigenvalue weighted by atomic mass is 28.4. The highest BCUT2D eigenvalue weighted by molar-refractivity contribution is 6.71. The lowest BCUT2D eigenvalue weighted by atomic mass is 9.86. The molecular weight excluding hydrogens is 564 g/mol. The number of aryl methyl sites for hydroxylation is 1. The van der Waals surface area contributed by atoms with Gasteiger partial charge in [0.05, 0.1) is 31.4 Å². The van der Waals surface area contributed by atoms with E-state index in [1.807, 2.05) is 67.8 Å². The molecule has 2 aromatic carbocycles. The monoisotopic (exact) mass is 604 g/mol. The Balaban J connectivity index is 1.39. The third kappa shape index (κ3) is 6.30. The summed E-state index contributed by atoms with van der Waals surface area (Å²) < 4.78 is 21.2. The van der Waals surface area contributed by atoms with Gasteiger partial charge in [-0.1, -0.05) is 42.5 Å². The summed E-state index contributed by atoms with van der Waals surface area (Å²) in [7, 11) is 0.423. The number of pyridine rings is 1. The van der Waals surface area contributed by atoms with E-state index in [-0.39, 0.29) is 47.5 Å². The highest BCUT2D eigenvalue weighted by Gasteiger charge is 2.46. The van der Waals surface area contributed by atoms with Crippen LogP contribution in [0.4, 0.5) is 0 Å². The smallest absolute Gasteiger partial charge is 0.297 e. The van der Waals surface area contributed by atoms with Gasteiger partial charge in [-0.05, 0) is 55.4 Å². The zero-order valence-electron chi connectivity index (χ0n) is 25.3. The summed E-state index contributed by atoms with van der Waals surface area (Å²) in [5.74, 6) is 0.599. The predicted molar refractivity (Wildman–Crippen MR) is 165 cm³/mol. The third-order valence-electron chi connectivity index (χ3n) is 8.49. The number of aliphatic hydroxyl groups is 1. The second-order valence-electron chi connectivity index (χ2n) is 11.7. The summed E-state index contributed by atoms with van der Waals surface area (Å²) in [6.07, 6.45) is 3.61. The molecule has 0 bridgehead atoms. The lowest BCUT2D eigenvalue weighted by Crippen LogP contribution is -2.48. The lowest BCUT2D eigenvalue weighted by Gasteiger charge is -2.44. The second kappa shape index (κ2) is 12.8. The maximum Gasteiger partial charge on any atom is 0.297 e. The number of fused-ring (bicyclic) bond motifs is 1. The molecule has 2 unspecified atom stereocenters. The van der Waals surface area contributed by atoms with Crippen LogP contribution in [0.1, 0.15) is 42.2 Å². The van der Waals surface area contributed by atoms with Gasteiger partial charge in [-0.3, -0.25) is 14.0 Å². The van der Waals surface area contributed by atoms with Crippen LogP contribution in [0, 0.1) is 5.92 Å². The molecule has 0 fully saturated rings. The first-order valence-corrected chi connectivity index (χ1v) is 17.6. The second-order valence-corrected chi connectivity index (χ2v) is 15.7. The van der Waals surface area contributed by atoms with Crippen molar-refractivity contribution in [2.75, 3.05) is 20.8 Å². The summed E-state index contributed by atoms with van der Waals surface area (Å²) in [4.78, 5) is 24.4. The topological polar surface area (TPSA) is 121 Å². The minimum Gasteiger partial charge on any atom is -0.491 e. The summed E-state index contributed by atoms with van der Waals surface area (Å²) in [5.41, 5.74) is 2.83. The average molecular weight is 605 g/mol. The van der Waals surface area contributed by atoms with Gasteiger partial charge in [-0.15, -0.1) is 5.10 Å². The van der Waals surface area contributed by atoms with Gasteiger partial charge >= 0.3 is 0 Å². The maximum atomic E-state index is 12.9. The first-order valence-electron chi connectivity index (χ1n) is 14.5. The minimum atomic E-state index is -2.73. The highest BCUT2D eigenvalue weighted by Crippen LogP contribution is 2.47. The molecule has 228 valence electrons. The Morgan fingerprint density at radius 2 is 1.86 bits per heavy atom. The zero-order valence-corrected chi connectivity index (χ0v) is 26.3. The van der Waals surface area contributed by atoms with Crippen molar-refractivity contribution in [1.29, 1.82) is 0 Å². The molecule has 0 radical (unpaired) electrons. The van der Waals surface area contributed by atoms with Gasteiger partial charge in [0, 0.05) is 48.8 Å². The van der Waals surface area contributed by atoms with Crippen molar-refractivity contribution in [2.45, 2.75) is 56.7 Å². The molecular formula is C32H40N4O6Si. The van der Waals surface area contributed by atoms with Gasteiger partial charge in [-0.2, -0.15) is 0 Å². The fraction of sp³-hybridized carbons (Fsp3) is 0.406. The zero-order chi connectivity index (χ0) is 30.7. The van der Waals surface area contributed by atoms with Gasteiger partial charge in [-0.25, -0.2) is 0 Å². The summed E-state index contributed by atoms with van der Waals surface area (Å²) in [6, 6.07) is 18.8. The molecule has 2 N–H and O–H groups in total. The molecule has 0 aliphatic carbocycles. The largest absolute Gasteiger partial charge is 0.491 e. The van der Waals surface area contributed by atoms with E-state index < -0.39 is 8.32 Å². The summed E-state index contributed by atoms with van der Waals surface area (Å²) in [6.45, 7) is 6.43. The van der Waals surface area contributed by atoms with Gasteiger partial charge in [0.15, 0.2) is 14.1 Å². The number of ether oxygens (including phenoxy) is 3. The van der Waals surface area contributed by atoms with Crippen molar-refractivity contribution in [1.82, 2.24) is 19.6 Å². The van der Waals surface area contributed by atoms with E-state index in [0.29, 0.717) is 30.1 Å². The Kier molecular flexibility index (Phi) is 9.16. The Hall–Kier alpha value is -3.77. The molecule has 43 heavy (non-hydrogen) atoms. The van der Waals surface area contributed by atoms with Crippen LogP contribution in [-0.4, -0.2) is 64.7 Å². The molecule has 0 saturated heterocycles. The number of methoxy groups -OCH3 is 2. The maximum absolute atomic E-state index is 12.9. The first-order chi connectivity index (χ1) is 20.7. The van der Waals surface area contributed by atoms with Crippen molar-refractivity contribution >= 4 is 8.32 Å². The molecule has 10 nitrogen and oxygen atoms in total. The van der Waals surface area contributed by atoms with Crippen LogP contribution in [0.5, 0.6) is 11.5 Å². The fourth-order valence-electron chi connectivity index (χ4n) is 6.18. The molecule has 0 amide bonds. The lowest BCUT2D eigenvalue weighted by molar-refractivity contribution is -0.0247. The van der Waals surface area contributed by atoms with Crippen LogP contribution < -0.4 is 15.0 Å². The number of aliphatic hydroxyl groups excluding tert-OH is 1. The Morgan fingerprint density at radius 3 is 2.53 bits per heavy atom. The van der Waals surface area contributed by atoms with Crippen molar-refractivity contribution in [3.63, 3.8) is 0 Å². The molecule has 4 aromatic rings. The Bertz CT molecular complexity index is 1580. The van der Waals surface area contributed by atoms with Crippen molar-refractivity contribution in [3.8, 4) is 17.2 Å². The number of benzene rings is 2. The van der Waals surface area contributed by atoms with Crippen LogP contribution in [-0.2, 0) is 11.3 Å². The van der Waals surface area contributed by atoms with Crippen molar-refractivity contribution < 1.29 is 24.1 Å².